The van der Waals surface area contributed by atoms with Gasteiger partial charge in [-0.3, -0.25) is 0 Å². The molecule has 0 saturated heterocycles. The predicted octanol–water partition coefficient (Wildman–Crippen LogP) is 1.73. The predicted molar refractivity (Wildman–Crippen MR) is 70.1 cm³/mol. The van der Waals surface area contributed by atoms with Crippen molar-refractivity contribution in [1.82, 2.24) is 10.6 Å². The van der Waals surface area contributed by atoms with Gasteiger partial charge in [0.1, 0.15) is 5.54 Å². The number of carbonyl (C=O) groups excluding carboxylic acids is 1. The van der Waals surface area contributed by atoms with Gasteiger partial charge in [0.05, 0.1) is 6.04 Å². The lowest BCUT2D eigenvalue weighted by Crippen LogP contribution is -2.56. The highest BCUT2D eigenvalue weighted by Gasteiger charge is 2.34. The zero-order valence-electron chi connectivity index (χ0n) is 11.2. The van der Waals surface area contributed by atoms with E-state index in [1.165, 1.54) is 6.92 Å². The van der Waals surface area contributed by atoms with Crippen molar-refractivity contribution in [2.24, 2.45) is 0 Å². The van der Waals surface area contributed by atoms with Crippen LogP contribution in [0.4, 0.5) is 4.79 Å². The maximum atomic E-state index is 11.7. The molecule has 0 aromatic rings. The number of urea groups is 1. The second kappa shape index (κ2) is 7.59. The first-order valence-electron chi connectivity index (χ1n) is 6.17. The van der Waals surface area contributed by atoms with Crippen molar-refractivity contribution in [1.29, 1.82) is 0 Å². The summed E-state index contributed by atoms with van der Waals surface area (Å²) in [6.07, 6.45) is 7.82. The van der Waals surface area contributed by atoms with E-state index in [1.54, 1.807) is 0 Å². The van der Waals surface area contributed by atoms with Gasteiger partial charge in [0.25, 0.3) is 0 Å². The lowest BCUT2D eigenvalue weighted by Gasteiger charge is -2.26. The zero-order valence-corrected chi connectivity index (χ0v) is 11.2. The van der Waals surface area contributed by atoms with Crippen LogP contribution in [0, 0.1) is 12.3 Å². The molecule has 0 aliphatic carbocycles. The van der Waals surface area contributed by atoms with Crippen LogP contribution in [0.15, 0.2) is 0 Å². The zero-order chi connectivity index (χ0) is 14.2. The van der Waals surface area contributed by atoms with E-state index >= 15 is 0 Å². The molecule has 0 fully saturated rings. The smallest absolute Gasteiger partial charge is 0.329 e. The average Bonchev–Trinajstić information content (AvgIpc) is 2.28. The SMILES string of the molecule is C#CC(CCC)NC(=O)NC(C)(CCC)C(=O)O. The molecule has 2 amide bonds. The van der Waals surface area contributed by atoms with Crippen LogP contribution in [0.1, 0.15) is 46.5 Å². The molecule has 0 aromatic carbocycles. The number of rotatable bonds is 7. The molecule has 5 nitrogen and oxygen atoms in total. The van der Waals surface area contributed by atoms with Crippen molar-refractivity contribution in [3.8, 4) is 12.3 Å². The number of hydrogen-bond acceptors (Lipinski definition) is 2. The third-order valence-corrected chi connectivity index (χ3v) is 2.70. The molecule has 0 radical (unpaired) electrons. The van der Waals surface area contributed by atoms with E-state index in [0.717, 1.165) is 6.42 Å². The Morgan fingerprint density at radius 2 is 2.00 bits per heavy atom. The van der Waals surface area contributed by atoms with Crippen LogP contribution in [-0.4, -0.2) is 28.7 Å². The van der Waals surface area contributed by atoms with Crippen molar-refractivity contribution in [3.63, 3.8) is 0 Å². The maximum absolute atomic E-state index is 11.7. The summed E-state index contributed by atoms with van der Waals surface area (Å²) in [6.45, 7) is 5.31. The standard InChI is InChI=1S/C13H22N2O3/c1-5-8-10(7-3)14-12(18)15-13(4,9-6-2)11(16)17/h3,10H,5-6,8-9H2,1-2,4H3,(H,16,17)(H2,14,15,18). The first-order chi connectivity index (χ1) is 8.39. The second-order valence-corrected chi connectivity index (χ2v) is 4.49. The van der Waals surface area contributed by atoms with Crippen LogP contribution in [0.3, 0.4) is 0 Å². The van der Waals surface area contributed by atoms with Gasteiger partial charge in [-0.1, -0.05) is 32.6 Å². The molecule has 18 heavy (non-hydrogen) atoms. The number of nitrogens with one attached hydrogen (secondary N) is 2. The van der Waals surface area contributed by atoms with Gasteiger partial charge in [-0.15, -0.1) is 6.42 Å². The first kappa shape index (κ1) is 16.3. The minimum Gasteiger partial charge on any atom is -0.480 e. The third kappa shape index (κ3) is 5.09. The van der Waals surface area contributed by atoms with Crippen molar-refractivity contribution in [2.45, 2.75) is 58.0 Å². The number of hydrogen-bond donors (Lipinski definition) is 3. The summed E-state index contributed by atoms with van der Waals surface area (Å²) >= 11 is 0. The Morgan fingerprint density at radius 1 is 1.39 bits per heavy atom. The Labute approximate surface area is 108 Å². The molecular formula is C13H22N2O3. The summed E-state index contributed by atoms with van der Waals surface area (Å²) in [4.78, 5) is 22.8. The molecule has 3 N–H and O–H groups in total. The van der Waals surface area contributed by atoms with Crippen LogP contribution in [0.5, 0.6) is 0 Å². The number of carboxylic acid groups (broad SMARTS) is 1. The Hall–Kier alpha value is -1.70. The highest BCUT2D eigenvalue weighted by Crippen LogP contribution is 2.12. The molecule has 2 atom stereocenters. The van der Waals surface area contributed by atoms with Gasteiger partial charge in [0.15, 0.2) is 0 Å². The molecule has 0 aliphatic heterocycles. The molecule has 2 unspecified atom stereocenters. The fourth-order valence-electron chi connectivity index (χ4n) is 1.65. The molecule has 0 heterocycles. The Balaban J connectivity index is 4.53. The minimum atomic E-state index is -1.26. The van der Waals surface area contributed by atoms with Crippen LogP contribution >= 0.6 is 0 Å². The van der Waals surface area contributed by atoms with E-state index in [1.807, 2.05) is 13.8 Å². The molecule has 0 bridgehead atoms. The summed E-state index contributed by atoms with van der Waals surface area (Å²) in [5.74, 6) is 1.41. The molecule has 0 aliphatic rings. The largest absolute Gasteiger partial charge is 0.480 e. The topological polar surface area (TPSA) is 78.4 Å². The number of terminal acetylenes is 1. The number of amides is 2. The summed E-state index contributed by atoms with van der Waals surface area (Å²) in [5, 5.41) is 14.2. The van der Waals surface area contributed by atoms with E-state index in [-0.39, 0.29) is 6.04 Å². The third-order valence-electron chi connectivity index (χ3n) is 2.70. The molecule has 102 valence electrons. The van der Waals surface area contributed by atoms with Gasteiger partial charge in [0.2, 0.25) is 0 Å². The van der Waals surface area contributed by atoms with Gasteiger partial charge in [0, 0.05) is 0 Å². The molecule has 0 aromatic heterocycles. The van der Waals surface area contributed by atoms with E-state index in [4.69, 9.17) is 11.5 Å². The molecule has 0 spiro atoms. The summed E-state index contributed by atoms with van der Waals surface area (Å²) < 4.78 is 0. The number of carbonyl (C=O) groups is 2. The Kier molecular flexibility index (Phi) is 6.88. The van der Waals surface area contributed by atoms with Crippen molar-refractivity contribution < 1.29 is 14.7 Å². The molecular weight excluding hydrogens is 232 g/mol. The van der Waals surface area contributed by atoms with Crippen LogP contribution < -0.4 is 10.6 Å². The lowest BCUT2D eigenvalue weighted by molar-refractivity contribution is -0.144. The Bertz CT molecular complexity index is 336. The monoisotopic (exact) mass is 254 g/mol. The highest BCUT2D eigenvalue weighted by molar-refractivity contribution is 5.86. The minimum absolute atomic E-state index is 0.365. The molecule has 5 heteroatoms. The van der Waals surface area contributed by atoms with Crippen LogP contribution in [-0.2, 0) is 4.79 Å². The van der Waals surface area contributed by atoms with Gasteiger partial charge in [-0.2, -0.15) is 0 Å². The Morgan fingerprint density at radius 3 is 2.39 bits per heavy atom. The van der Waals surface area contributed by atoms with Crippen molar-refractivity contribution in [3.05, 3.63) is 0 Å². The fraction of sp³-hybridized carbons (Fsp3) is 0.692. The van der Waals surface area contributed by atoms with E-state index in [9.17, 15) is 9.59 Å². The highest BCUT2D eigenvalue weighted by atomic mass is 16.4. The maximum Gasteiger partial charge on any atom is 0.329 e. The van der Waals surface area contributed by atoms with Gasteiger partial charge >= 0.3 is 12.0 Å². The van der Waals surface area contributed by atoms with Crippen LogP contribution in [0.25, 0.3) is 0 Å². The van der Waals surface area contributed by atoms with E-state index in [2.05, 4.69) is 16.6 Å². The molecule has 0 saturated carbocycles. The normalized spacial score (nSPS) is 15.0. The second-order valence-electron chi connectivity index (χ2n) is 4.49. The van der Waals surface area contributed by atoms with Gasteiger partial charge in [-0.25, -0.2) is 9.59 Å². The van der Waals surface area contributed by atoms with Crippen molar-refractivity contribution in [2.75, 3.05) is 0 Å². The lowest BCUT2D eigenvalue weighted by atomic mass is 9.96. The molecule has 0 rings (SSSR count). The van der Waals surface area contributed by atoms with E-state index in [0.29, 0.717) is 19.3 Å². The summed E-state index contributed by atoms with van der Waals surface area (Å²) in [7, 11) is 0. The first-order valence-corrected chi connectivity index (χ1v) is 6.17. The number of carboxylic acids is 1. The quantitative estimate of drug-likeness (QED) is 0.605. The van der Waals surface area contributed by atoms with Gasteiger partial charge in [-0.05, 0) is 19.8 Å². The van der Waals surface area contributed by atoms with Crippen LogP contribution in [0.2, 0.25) is 0 Å². The van der Waals surface area contributed by atoms with Gasteiger partial charge < -0.3 is 15.7 Å². The summed E-state index contributed by atoms with van der Waals surface area (Å²) in [5.41, 5.74) is -1.26. The fourth-order valence-corrected chi connectivity index (χ4v) is 1.65. The summed E-state index contributed by atoms with van der Waals surface area (Å²) in [6, 6.07) is -0.903. The van der Waals surface area contributed by atoms with Crippen molar-refractivity contribution >= 4 is 12.0 Å². The average molecular weight is 254 g/mol. The van der Waals surface area contributed by atoms with E-state index < -0.39 is 17.5 Å². The number of aliphatic carboxylic acids is 1.